The second-order valence-corrected chi connectivity index (χ2v) is 5.01. The third-order valence-electron chi connectivity index (χ3n) is 3.37. The third kappa shape index (κ3) is 3.49. The molecule has 1 fully saturated rings. The molecule has 3 heteroatoms. The van der Waals surface area contributed by atoms with Crippen LogP contribution in [0.3, 0.4) is 0 Å². The van der Waals surface area contributed by atoms with Crippen molar-refractivity contribution < 1.29 is 14.6 Å². The van der Waals surface area contributed by atoms with Crippen molar-refractivity contribution in [3.8, 4) is 0 Å². The van der Waals surface area contributed by atoms with Crippen LogP contribution in [-0.2, 0) is 9.53 Å². The van der Waals surface area contributed by atoms with E-state index in [1.54, 1.807) is 0 Å². The number of hydrogen-bond donors (Lipinski definition) is 1. The van der Waals surface area contributed by atoms with Crippen LogP contribution >= 0.6 is 0 Å². The molecular weight excluding hydrogens is 192 g/mol. The number of carbonyl (C=O) groups is 1. The van der Waals surface area contributed by atoms with E-state index in [4.69, 9.17) is 9.84 Å². The van der Waals surface area contributed by atoms with Gasteiger partial charge < -0.3 is 9.84 Å². The molecule has 1 saturated carbocycles. The lowest BCUT2D eigenvalue weighted by molar-refractivity contribution is -0.159. The lowest BCUT2D eigenvalue weighted by atomic mass is 9.75. The molecule has 1 rings (SSSR count). The number of hydrogen-bond acceptors (Lipinski definition) is 3. The molecule has 0 amide bonds. The van der Waals surface area contributed by atoms with Crippen molar-refractivity contribution in [2.75, 3.05) is 6.61 Å². The standard InChI is InChI=1S/C12H22O3/c1-8(2)10-5-4-9(3)6-11(10)15-12(14)7-13/h8-11,13H,4-7H2,1-3H3/t9-,10+,11-/m1/s1. The molecule has 0 aromatic carbocycles. The average molecular weight is 214 g/mol. The summed E-state index contributed by atoms with van der Waals surface area (Å²) < 4.78 is 5.30. The molecule has 0 saturated heterocycles. The second-order valence-electron chi connectivity index (χ2n) is 5.01. The summed E-state index contributed by atoms with van der Waals surface area (Å²) in [6.07, 6.45) is 3.29. The summed E-state index contributed by atoms with van der Waals surface area (Å²) in [6, 6.07) is 0. The Morgan fingerprint density at radius 1 is 1.47 bits per heavy atom. The molecule has 88 valence electrons. The molecule has 1 aliphatic rings. The molecule has 0 heterocycles. The highest BCUT2D eigenvalue weighted by Gasteiger charge is 2.33. The van der Waals surface area contributed by atoms with Gasteiger partial charge in [0.2, 0.25) is 0 Å². The highest BCUT2D eigenvalue weighted by atomic mass is 16.6. The van der Waals surface area contributed by atoms with E-state index in [2.05, 4.69) is 20.8 Å². The Labute approximate surface area is 91.8 Å². The number of rotatable bonds is 3. The van der Waals surface area contributed by atoms with E-state index >= 15 is 0 Å². The molecule has 0 unspecified atom stereocenters. The van der Waals surface area contributed by atoms with Crippen molar-refractivity contribution in [3.05, 3.63) is 0 Å². The normalized spacial score (nSPS) is 31.7. The minimum Gasteiger partial charge on any atom is -0.460 e. The van der Waals surface area contributed by atoms with Crippen molar-refractivity contribution in [1.29, 1.82) is 0 Å². The number of carbonyl (C=O) groups excluding carboxylic acids is 1. The molecule has 1 N–H and O–H groups in total. The Morgan fingerprint density at radius 3 is 2.67 bits per heavy atom. The van der Waals surface area contributed by atoms with Gasteiger partial charge in [0, 0.05) is 0 Å². The highest BCUT2D eigenvalue weighted by molar-refractivity contribution is 5.70. The minimum atomic E-state index is -0.504. The molecule has 0 aromatic heterocycles. The first-order valence-electron chi connectivity index (χ1n) is 5.85. The molecule has 3 atom stereocenters. The minimum absolute atomic E-state index is 0.00778. The van der Waals surface area contributed by atoms with Crippen LogP contribution in [0, 0.1) is 17.8 Å². The Hall–Kier alpha value is -0.570. The number of ether oxygens (including phenoxy) is 1. The maximum atomic E-state index is 11.1. The van der Waals surface area contributed by atoms with Gasteiger partial charge in [0.15, 0.2) is 0 Å². The summed E-state index contributed by atoms with van der Waals surface area (Å²) in [6.45, 7) is 6.02. The Balaban J connectivity index is 2.57. The van der Waals surface area contributed by atoms with Gasteiger partial charge in [0.1, 0.15) is 12.7 Å². The Morgan fingerprint density at radius 2 is 2.13 bits per heavy atom. The molecule has 0 bridgehead atoms. The molecule has 0 radical (unpaired) electrons. The number of esters is 1. The van der Waals surface area contributed by atoms with Crippen molar-refractivity contribution in [2.45, 2.75) is 46.1 Å². The molecule has 0 spiro atoms. The van der Waals surface area contributed by atoms with Gasteiger partial charge in [-0.2, -0.15) is 0 Å². The summed E-state index contributed by atoms with van der Waals surface area (Å²) in [5.41, 5.74) is 0. The first kappa shape index (κ1) is 12.5. The zero-order valence-electron chi connectivity index (χ0n) is 9.90. The van der Waals surface area contributed by atoms with Gasteiger partial charge >= 0.3 is 5.97 Å². The topological polar surface area (TPSA) is 46.5 Å². The molecule has 3 nitrogen and oxygen atoms in total. The molecule has 1 aliphatic carbocycles. The predicted molar refractivity (Wildman–Crippen MR) is 58.3 cm³/mol. The summed E-state index contributed by atoms with van der Waals surface area (Å²) in [5.74, 6) is 1.13. The maximum Gasteiger partial charge on any atom is 0.332 e. The first-order chi connectivity index (χ1) is 7.04. The zero-order chi connectivity index (χ0) is 11.4. The number of aliphatic hydroxyl groups is 1. The lowest BCUT2D eigenvalue weighted by Gasteiger charge is -2.36. The molecule has 0 aliphatic heterocycles. The van der Waals surface area contributed by atoms with E-state index in [0.717, 1.165) is 12.8 Å². The fourth-order valence-corrected chi connectivity index (χ4v) is 2.46. The average Bonchev–Trinajstić information content (AvgIpc) is 2.17. The van der Waals surface area contributed by atoms with Crippen LogP contribution in [-0.4, -0.2) is 23.8 Å². The zero-order valence-corrected chi connectivity index (χ0v) is 9.90. The third-order valence-corrected chi connectivity index (χ3v) is 3.37. The van der Waals surface area contributed by atoms with Crippen molar-refractivity contribution in [1.82, 2.24) is 0 Å². The van der Waals surface area contributed by atoms with E-state index in [0.29, 0.717) is 17.8 Å². The number of aliphatic hydroxyl groups excluding tert-OH is 1. The predicted octanol–water partition coefficient (Wildman–Crippen LogP) is 1.98. The van der Waals surface area contributed by atoms with Crippen molar-refractivity contribution in [2.24, 2.45) is 17.8 Å². The van der Waals surface area contributed by atoms with Crippen LogP contribution < -0.4 is 0 Å². The van der Waals surface area contributed by atoms with Gasteiger partial charge in [-0.25, -0.2) is 4.79 Å². The van der Waals surface area contributed by atoms with Gasteiger partial charge in [0.05, 0.1) is 0 Å². The highest BCUT2D eigenvalue weighted by Crippen LogP contribution is 2.35. The lowest BCUT2D eigenvalue weighted by Crippen LogP contribution is -2.36. The van der Waals surface area contributed by atoms with Crippen LogP contribution in [0.5, 0.6) is 0 Å². The summed E-state index contributed by atoms with van der Waals surface area (Å²) in [7, 11) is 0. The van der Waals surface area contributed by atoms with Crippen molar-refractivity contribution >= 4 is 5.97 Å². The fourth-order valence-electron chi connectivity index (χ4n) is 2.46. The van der Waals surface area contributed by atoms with Crippen LogP contribution in [0.4, 0.5) is 0 Å². The first-order valence-corrected chi connectivity index (χ1v) is 5.85. The SMILES string of the molecule is CC(C)[C@@H]1CC[C@@H](C)C[C@H]1OC(=O)CO. The molecule has 0 aromatic rings. The largest absolute Gasteiger partial charge is 0.460 e. The van der Waals surface area contributed by atoms with E-state index in [9.17, 15) is 4.79 Å². The van der Waals surface area contributed by atoms with Gasteiger partial charge in [-0.15, -0.1) is 0 Å². The van der Waals surface area contributed by atoms with Crippen LogP contribution in [0.15, 0.2) is 0 Å². The van der Waals surface area contributed by atoms with Gasteiger partial charge in [-0.3, -0.25) is 0 Å². The van der Waals surface area contributed by atoms with Crippen LogP contribution in [0.2, 0.25) is 0 Å². The van der Waals surface area contributed by atoms with Crippen molar-refractivity contribution in [3.63, 3.8) is 0 Å². The summed E-state index contributed by atoms with van der Waals surface area (Å²) in [5, 5.41) is 8.68. The van der Waals surface area contributed by atoms with Gasteiger partial charge in [-0.05, 0) is 30.6 Å². The van der Waals surface area contributed by atoms with E-state index in [-0.39, 0.29) is 6.10 Å². The van der Waals surface area contributed by atoms with E-state index < -0.39 is 12.6 Å². The van der Waals surface area contributed by atoms with Crippen LogP contribution in [0.25, 0.3) is 0 Å². The fraction of sp³-hybridized carbons (Fsp3) is 0.917. The Kier molecular flexibility index (Phi) is 4.58. The molecular formula is C12H22O3. The molecule has 15 heavy (non-hydrogen) atoms. The maximum absolute atomic E-state index is 11.1. The monoisotopic (exact) mass is 214 g/mol. The van der Waals surface area contributed by atoms with Crippen LogP contribution in [0.1, 0.15) is 40.0 Å². The Bertz CT molecular complexity index is 213. The summed E-state index contributed by atoms with van der Waals surface area (Å²) in [4.78, 5) is 11.1. The summed E-state index contributed by atoms with van der Waals surface area (Å²) >= 11 is 0. The second kappa shape index (κ2) is 5.50. The quantitative estimate of drug-likeness (QED) is 0.731. The smallest absolute Gasteiger partial charge is 0.332 e. The van der Waals surface area contributed by atoms with E-state index in [1.807, 2.05) is 0 Å². The van der Waals surface area contributed by atoms with Gasteiger partial charge in [0.25, 0.3) is 0 Å². The van der Waals surface area contributed by atoms with E-state index in [1.165, 1.54) is 6.42 Å². The van der Waals surface area contributed by atoms with Gasteiger partial charge in [-0.1, -0.05) is 27.2 Å².